The molecule has 1 aliphatic heterocycles. The quantitative estimate of drug-likeness (QED) is 0.795. The highest BCUT2D eigenvalue weighted by molar-refractivity contribution is 5.50. The van der Waals surface area contributed by atoms with Crippen LogP contribution < -0.4 is 5.32 Å². The Kier molecular flexibility index (Phi) is 3.90. The van der Waals surface area contributed by atoms with Gasteiger partial charge in [0, 0.05) is 11.6 Å². The molecule has 2 N–H and O–H groups in total. The van der Waals surface area contributed by atoms with E-state index in [1.165, 1.54) is 12.0 Å². The largest absolute Gasteiger partial charge is 0.507 e. The zero-order chi connectivity index (χ0) is 15.1. The Labute approximate surface area is 123 Å². The summed E-state index contributed by atoms with van der Waals surface area (Å²) in [6, 6.07) is 4.69. The number of nitrogens with one attached hydrogen (secondary N) is 1. The minimum absolute atomic E-state index is 0.0430. The van der Waals surface area contributed by atoms with E-state index >= 15 is 0 Å². The summed E-state index contributed by atoms with van der Waals surface area (Å²) in [5.74, 6) is 0.491. The molecule has 0 saturated carbocycles. The van der Waals surface area contributed by atoms with Crippen LogP contribution in [-0.4, -0.2) is 11.7 Å². The fourth-order valence-electron chi connectivity index (χ4n) is 2.88. The first kappa shape index (κ1) is 15.4. The maximum atomic E-state index is 10.7. The normalized spacial score (nSPS) is 20.4. The van der Waals surface area contributed by atoms with Crippen molar-refractivity contribution in [1.82, 2.24) is 5.32 Å². The van der Waals surface area contributed by atoms with Crippen LogP contribution in [0.15, 0.2) is 12.1 Å². The van der Waals surface area contributed by atoms with E-state index in [0.29, 0.717) is 11.8 Å². The van der Waals surface area contributed by atoms with Gasteiger partial charge >= 0.3 is 0 Å². The van der Waals surface area contributed by atoms with Gasteiger partial charge < -0.3 is 10.4 Å². The Morgan fingerprint density at radius 2 is 1.70 bits per heavy atom. The van der Waals surface area contributed by atoms with Crippen LogP contribution in [0, 0.1) is 0 Å². The van der Waals surface area contributed by atoms with Crippen LogP contribution in [0.1, 0.15) is 77.1 Å². The van der Waals surface area contributed by atoms with Gasteiger partial charge in [-0.2, -0.15) is 0 Å². The van der Waals surface area contributed by atoms with Crippen molar-refractivity contribution in [3.8, 4) is 5.75 Å². The number of benzene rings is 1. The topological polar surface area (TPSA) is 32.3 Å². The summed E-state index contributed by atoms with van der Waals surface area (Å²) in [7, 11) is 0. The van der Waals surface area contributed by atoms with Gasteiger partial charge in [-0.15, -0.1) is 0 Å². The molecule has 0 unspecified atom stereocenters. The molecule has 0 bridgehead atoms. The summed E-state index contributed by atoms with van der Waals surface area (Å²) < 4.78 is 0. The third kappa shape index (κ3) is 3.01. The van der Waals surface area contributed by atoms with Crippen LogP contribution in [0.25, 0.3) is 0 Å². The van der Waals surface area contributed by atoms with Gasteiger partial charge in [0.15, 0.2) is 0 Å². The first-order valence-corrected chi connectivity index (χ1v) is 7.72. The maximum Gasteiger partial charge on any atom is 0.124 e. The molecule has 1 aromatic rings. The van der Waals surface area contributed by atoms with Gasteiger partial charge in [-0.25, -0.2) is 0 Å². The monoisotopic (exact) mass is 275 g/mol. The molecule has 112 valence electrons. The van der Waals surface area contributed by atoms with Crippen molar-refractivity contribution in [2.24, 2.45) is 0 Å². The number of phenolic OH excluding ortho intramolecular Hbond substituents is 1. The standard InChI is InChI=1S/C18H29NO/c1-17(2,3)12-10-13(15-8-7-9-19-15)16(20)14(11-12)18(4,5)6/h10-11,15,19-20H,7-9H2,1-6H3/t15-/m1/s1. The van der Waals surface area contributed by atoms with Crippen molar-refractivity contribution in [3.05, 3.63) is 28.8 Å². The van der Waals surface area contributed by atoms with Crippen molar-refractivity contribution in [3.63, 3.8) is 0 Å². The molecule has 20 heavy (non-hydrogen) atoms. The molecule has 0 radical (unpaired) electrons. The summed E-state index contributed by atoms with van der Waals surface area (Å²) in [5, 5.41) is 14.2. The summed E-state index contributed by atoms with van der Waals surface area (Å²) in [4.78, 5) is 0. The van der Waals surface area contributed by atoms with Crippen LogP contribution in [0.4, 0.5) is 0 Å². The highest BCUT2D eigenvalue weighted by atomic mass is 16.3. The molecule has 0 aliphatic carbocycles. The Hall–Kier alpha value is -1.02. The van der Waals surface area contributed by atoms with Gasteiger partial charge in [0.25, 0.3) is 0 Å². The lowest BCUT2D eigenvalue weighted by molar-refractivity contribution is 0.429. The smallest absolute Gasteiger partial charge is 0.124 e. The molecule has 2 heteroatoms. The lowest BCUT2D eigenvalue weighted by Gasteiger charge is -2.29. The first-order valence-electron chi connectivity index (χ1n) is 7.72. The van der Waals surface area contributed by atoms with Crippen molar-refractivity contribution in [1.29, 1.82) is 0 Å². The molecule has 1 aliphatic rings. The van der Waals surface area contributed by atoms with E-state index in [9.17, 15) is 5.11 Å². The van der Waals surface area contributed by atoms with Crippen molar-refractivity contribution < 1.29 is 5.11 Å². The van der Waals surface area contributed by atoms with Gasteiger partial charge in [-0.05, 0) is 47.4 Å². The van der Waals surface area contributed by atoms with Crippen LogP contribution in [0.2, 0.25) is 0 Å². The number of hydrogen-bond acceptors (Lipinski definition) is 2. The lowest BCUT2D eigenvalue weighted by Crippen LogP contribution is -2.20. The molecular formula is C18H29NO. The van der Waals surface area contributed by atoms with E-state index in [0.717, 1.165) is 24.1 Å². The SMILES string of the molecule is CC(C)(C)c1cc([C@H]2CCCN2)c(O)c(C(C)(C)C)c1. The lowest BCUT2D eigenvalue weighted by atomic mass is 9.78. The molecular weight excluding hydrogens is 246 g/mol. The summed E-state index contributed by atoms with van der Waals surface area (Å²) in [6.07, 6.45) is 2.31. The Morgan fingerprint density at radius 3 is 2.15 bits per heavy atom. The van der Waals surface area contributed by atoms with Gasteiger partial charge in [-0.3, -0.25) is 0 Å². The highest BCUT2D eigenvalue weighted by Crippen LogP contribution is 2.41. The molecule has 1 heterocycles. The molecule has 0 amide bonds. The van der Waals surface area contributed by atoms with Crippen LogP contribution in [-0.2, 0) is 10.8 Å². The molecule has 1 fully saturated rings. The molecule has 1 aromatic carbocycles. The van der Waals surface area contributed by atoms with Gasteiger partial charge in [0.2, 0.25) is 0 Å². The second kappa shape index (κ2) is 5.07. The van der Waals surface area contributed by atoms with Gasteiger partial charge in [0.1, 0.15) is 5.75 Å². The third-order valence-electron chi connectivity index (χ3n) is 4.25. The van der Waals surface area contributed by atoms with E-state index in [1.807, 2.05) is 0 Å². The second-order valence-corrected chi connectivity index (χ2v) is 8.11. The summed E-state index contributed by atoms with van der Waals surface area (Å²) in [5.41, 5.74) is 3.51. The van der Waals surface area contributed by atoms with Crippen LogP contribution in [0.5, 0.6) is 5.75 Å². The van der Waals surface area contributed by atoms with Gasteiger partial charge in [0.05, 0.1) is 0 Å². The Balaban J connectivity index is 2.60. The molecule has 0 aromatic heterocycles. The minimum atomic E-state index is -0.0430. The molecule has 1 saturated heterocycles. The van der Waals surface area contributed by atoms with Crippen molar-refractivity contribution in [2.75, 3.05) is 6.54 Å². The summed E-state index contributed by atoms with van der Waals surface area (Å²) >= 11 is 0. The van der Waals surface area contributed by atoms with E-state index in [4.69, 9.17) is 0 Å². The maximum absolute atomic E-state index is 10.7. The van der Waals surface area contributed by atoms with E-state index in [2.05, 4.69) is 59.0 Å². The van der Waals surface area contributed by atoms with E-state index in [1.54, 1.807) is 0 Å². The zero-order valence-electron chi connectivity index (χ0n) is 13.8. The zero-order valence-corrected chi connectivity index (χ0v) is 13.8. The fraction of sp³-hybridized carbons (Fsp3) is 0.667. The second-order valence-electron chi connectivity index (χ2n) is 8.11. The molecule has 2 rings (SSSR count). The van der Waals surface area contributed by atoms with E-state index in [-0.39, 0.29) is 10.8 Å². The molecule has 0 spiro atoms. The number of phenols is 1. The van der Waals surface area contributed by atoms with Crippen LogP contribution in [0.3, 0.4) is 0 Å². The van der Waals surface area contributed by atoms with Crippen molar-refractivity contribution in [2.45, 2.75) is 71.3 Å². The van der Waals surface area contributed by atoms with Crippen LogP contribution >= 0.6 is 0 Å². The van der Waals surface area contributed by atoms with Crippen molar-refractivity contribution >= 4 is 0 Å². The Bertz CT molecular complexity index is 485. The highest BCUT2D eigenvalue weighted by Gasteiger charge is 2.28. The average molecular weight is 275 g/mol. The number of rotatable bonds is 1. The molecule has 1 atom stereocenters. The van der Waals surface area contributed by atoms with E-state index < -0.39 is 0 Å². The predicted octanol–water partition coefficient (Wildman–Crippen LogP) is 4.41. The van der Waals surface area contributed by atoms with Gasteiger partial charge in [-0.1, -0.05) is 47.6 Å². The summed E-state index contributed by atoms with van der Waals surface area (Å²) in [6.45, 7) is 14.3. The fourth-order valence-corrected chi connectivity index (χ4v) is 2.88. The number of hydrogen-bond donors (Lipinski definition) is 2. The Morgan fingerprint density at radius 1 is 1.05 bits per heavy atom. The minimum Gasteiger partial charge on any atom is -0.507 e. The predicted molar refractivity (Wildman–Crippen MR) is 85.5 cm³/mol. The number of aromatic hydroxyl groups is 1. The first-order chi connectivity index (χ1) is 9.10. The molecule has 2 nitrogen and oxygen atoms in total. The average Bonchev–Trinajstić information content (AvgIpc) is 2.79. The third-order valence-corrected chi connectivity index (χ3v) is 4.25.